The number of hydrogen-bond acceptors (Lipinski definition) is 6. The molecule has 0 bridgehead atoms. The predicted octanol–water partition coefficient (Wildman–Crippen LogP) is 3.90. The summed E-state index contributed by atoms with van der Waals surface area (Å²) in [6.07, 6.45) is 0. The zero-order valence-electron chi connectivity index (χ0n) is 13.4. The van der Waals surface area contributed by atoms with Crippen LogP contribution in [0, 0.1) is 10.1 Å². The fraction of sp³-hybridized carbons (Fsp3) is 0.0526. The number of hydrogen-bond donors (Lipinski definition) is 0. The number of carbonyl (C=O) groups excluding carboxylic acids is 1. The summed E-state index contributed by atoms with van der Waals surface area (Å²) < 4.78 is 11.0. The number of nitro groups is 1. The summed E-state index contributed by atoms with van der Waals surface area (Å²) in [5, 5.41) is 10.9. The summed E-state index contributed by atoms with van der Waals surface area (Å²) in [5.74, 6) is 0.458. The highest BCUT2D eigenvalue weighted by Gasteiger charge is 2.33. The second-order valence-corrected chi connectivity index (χ2v) is 5.63. The van der Waals surface area contributed by atoms with Crippen LogP contribution >= 0.6 is 0 Å². The maximum Gasteiger partial charge on any atom is 0.345 e. The van der Waals surface area contributed by atoms with Crippen molar-refractivity contribution in [2.45, 2.75) is 6.04 Å². The van der Waals surface area contributed by atoms with Gasteiger partial charge in [0, 0.05) is 23.3 Å². The SMILES string of the molecule is O=C1OC(c2ccccc2)=NC1c1ccc(-c2cccc([N+](=O)[O-])c2)o1. The molecular weight excluding hydrogens is 336 g/mol. The number of furan rings is 1. The van der Waals surface area contributed by atoms with Crippen molar-refractivity contribution >= 4 is 17.6 Å². The molecule has 0 saturated heterocycles. The van der Waals surface area contributed by atoms with Crippen LogP contribution < -0.4 is 0 Å². The van der Waals surface area contributed by atoms with Gasteiger partial charge in [-0.2, -0.15) is 0 Å². The Kier molecular flexibility index (Phi) is 3.81. The maximum absolute atomic E-state index is 12.2. The van der Waals surface area contributed by atoms with Crippen molar-refractivity contribution in [2.75, 3.05) is 0 Å². The minimum Gasteiger partial charge on any atom is -0.458 e. The van der Waals surface area contributed by atoms with E-state index in [0.717, 1.165) is 0 Å². The molecule has 26 heavy (non-hydrogen) atoms. The summed E-state index contributed by atoms with van der Waals surface area (Å²) in [5.41, 5.74) is 1.21. The molecule has 0 spiro atoms. The number of nitro benzene ring substituents is 1. The summed E-state index contributed by atoms with van der Waals surface area (Å²) in [4.78, 5) is 26.9. The normalized spacial score (nSPS) is 16.2. The molecule has 0 radical (unpaired) electrons. The van der Waals surface area contributed by atoms with Crippen LogP contribution in [0.4, 0.5) is 5.69 Å². The van der Waals surface area contributed by atoms with Gasteiger partial charge < -0.3 is 9.15 Å². The quantitative estimate of drug-likeness (QED) is 0.405. The predicted molar refractivity (Wildman–Crippen MR) is 92.6 cm³/mol. The van der Waals surface area contributed by atoms with Crippen LogP contribution in [-0.2, 0) is 9.53 Å². The minimum absolute atomic E-state index is 0.0369. The number of rotatable bonds is 4. The lowest BCUT2D eigenvalue weighted by molar-refractivity contribution is -0.384. The molecule has 4 rings (SSSR count). The molecule has 7 nitrogen and oxygen atoms in total. The molecular formula is C19H12N2O5. The maximum atomic E-state index is 12.2. The van der Waals surface area contributed by atoms with E-state index in [2.05, 4.69) is 4.99 Å². The lowest BCUT2D eigenvalue weighted by atomic mass is 10.1. The van der Waals surface area contributed by atoms with Crippen LogP contribution in [0.3, 0.4) is 0 Å². The van der Waals surface area contributed by atoms with Gasteiger partial charge in [-0.05, 0) is 24.3 Å². The van der Waals surface area contributed by atoms with Crippen molar-refractivity contribution < 1.29 is 18.9 Å². The van der Waals surface area contributed by atoms with Crippen molar-refractivity contribution in [3.63, 3.8) is 0 Å². The van der Waals surface area contributed by atoms with Crippen LogP contribution in [0.15, 0.2) is 76.1 Å². The Hall–Kier alpha value is -3.74. The van der Waals surface area contributed by atoms with Crippen LogP contribution in [0.5, 0.6) is 0 Å². The van der Waals surface area contributed by atoms with Crippen molar-refractivity contribution in [3.05, 3.63) is 88.2 Å². The number of ether oxygens (including phenoxy) is 1. The lowest BCUT2D eigenvalue weighted by Crippen LogP contribution is -2.08. The molecule has 2 heterocycles. The van der Waals surface area contributed by atoms with E-state index in [1.54, 1.807) is 36.4 Å². The monoisotopic (exact) mass is 348 g/mol. The van der Waals surface area contributed by atoms with Crippen LogP contribution in [0.25, 0.3) is 11.3 Å². The smallest absolute Gasteiger partial charge is 0.345 e. The number of benzene rings is 2. The fourth-order valence-corrected chi connectivity index (χ4v) is 2.67. The molecule has 0 aliphatic carbocycles. The van der Waals surface area contributed by atoms with E-state index in [9.17, 15) is 14.9 Å². The third kappa shape index (κ3) is 2.86. The number of carbonyl (C=O) groups is 1. The van der Waals surface area contributed by atoms with Crippen molar-refractivity contribution in [1.82, 2.24) is 0 Å². The summed E-state index contributed by atoms with van der Waals surface area (Å²) in [7, 11) is 0. The van der Waals surface area contributed by atoms with Crippen LogP contribution in [0.1, 0.15) is 17.4 Å². The van der Waals surface area contributed by atoms with Crippen LogP contribution in [-0.4, -0.2) is 16.8 Å². The van der Waals surface area contributed by atoms with Crippen LogP contribution in [0.2, 0.25) is 0 Å². The van der Waals surface area contributed by atoms with E-state index in [-0.39, 0.29) is 11.6 Å². The highest BCUT2D eigenvalue weighted by Crippen LogP contribution is 2.32. The number of nitrogens with zero attached hydrogens (tertiary/aromatic N) is 2. The first kappa shape index (κ1) is 15.8. The van der Waals surface area contributed by atoms with E-state index >= 15 is 0 Å². The number of non-ortho nitro benzene ring substituents is 1. The molecule has 128 valence electrons. The summed E-state index contributed by atoms with van der Waals surface area (Å²) in [6, 6.07) is 17.6. The Bertz CT molecular complexity index is 1020. The molecule has 0 fully saturated rings. The largest absolute Gasteiger partial charge is 0.458 e. The van der Waals surface area contributed by atoms with E-state index in [4.69, 9.17) is 9.15 Å². The van der Waals surface area contributed by atoms with Gasteiger partial charge in [0.15, 0.2) is 0 Å². The second kappa shape index (κ2) is 6.29. The molecule has 1 aliphatic rings. The van der Waals surface area contributed by atoms with E-state index in [0.29, 0.717) is 22.6 Å². The average molecular weight is 348 g/mol. The topological polar surface area (TPSA) is 94.9 Å². The Morgan fingerprint density at radius 2 is 1.73 bits per heavy atom. The molecule has 1 aromatic heterocycles. The number of esters is 1. The number of aliphatic imine (C=N–C) groups is 1. The fourth-order valence-electron chi connectivity index (χ4n) is 2.67. The Balaban J connectivity index is 1.64. The molecule has 0 amide bonds. The lowest BCUT2D eigenvalue weighted by Gasteiger charge is -2.00. The van der Waals surface area contributed by atoms with Crippen molar-refractivity contribution in [2.24, 2.45) is 4.99 Å². The first-order valence-electron chi connectivity index (χ1n) is 7.81. The molecule has 2 aromatic carbocycles. The van der Waals surface area contributed by atoms with Crippen molar-refractivity contribution in [3.8, 4) is 11.3 Å². The third-order valence-corrected chi connectivity index (χ3v) is 3.93. The first-order chi connectivity index (χ1) is 12.6. The summed E-state index contributed by atoms with van der Waals surface area (Å²) >= 11 is 0. The second-order valence-electron chi connectivity index (χ2n) is 5.63. The first-order valence-corrected chi connectivity index (χ1v) is 7.81. The molecule has 0 saturated carbocycles. The van der Waals surface area contributed by atoms with Gasteiger partial charge in [0.25, 0.3) is 5.69 Å². The van der Waals surface area contributed by atoms with E-state index in [1.807, 2.05) is 18.2 Å². The van der Waals surface area contributed by atoms with Gasteiger partial charge in [-0.25, -0.2) is 9.79 Å². The van der Waals surface area contributed by atoms with Gasteiger partial charge in [-0.1, -0.05) is 30.3 Å². The standard InChI is InChI=1S/C19H12N2O5/c22-19-17(20-18(26-19)12-5-2-1-3-6-12)16-10-9-15(25-16)13-7-4-8-14(11-13)21(23)24/h1-11,17H. The molecule has 3 aromatic rings. The number of cyclic esters (lactones) is 1. The van der Waals surface area contributed by atoms with Crippen molar-refractivity contribution in [1.29, 1.82) is 0 Å². The molecule has 1 atom stereocenters. The molecule has 7 heteroatoms. The molecule has 1 unspecified atom stereocenters. The van der Waals surface area contributed by atoms with Gasteiger partial charge >= 0.3 is 5.97 Å². The van der Waals surface area contributed by atoms with Gasteiger partial charge in [-0.3, -0.25) is 10.1 Å². The zero-order chi connectivity index (χ0) is 18.1. The van der Waals surface area contributed by atoms with E-state index < -0.39 is 16.9 Å². The highest BCUT2D eigenvalue weighted by atomic mass is 16.6. The minimum atomic E-state index is -0.891. The van der Waals surface area contributed by atoms with Gasteiger partial charge in [0.2, 0.25) is 11.9 Å². The highest BCUT2D eigenvalue weighted by molar-refractivity contribution is 6.06. The molecule has 0 N–H and O–H groups in total. The Morgan fingerprint density at radius 1 is 0.962 bits per heavy atom. The zero-order valence-corrected chi connectivity index (χ0v) is 13.4. The molecule has 1 aliphatic heterocycles. The Labute approximate surface area is 147 Å². The third-order valence-electron chi connectivity index (χ3n) is 3.93. The summed E-state index contributed by atoms with van der Waals surface area (Å²) in [6.45, 7) is 0. The van der Waals surface area contributed by atoms with E-state index in [1.165, 1.54) is 12.1 Å². The average Bonchev–Trinajstić information content (AvgIpc) is 3.29. The Morgan fingerprint density at radius 3 is 2.50 bits per heavy atom. The van der Waals surface area contributed by atoms with Gasteiger partial charge in [-0.15, -0.1) is 0 Å². The van der Waals surface area contributed by atoms with Gasteiger partial charge in [0.1, 0.15) is 11.5 Å². The van der Waals surface area contributed by atoms with Gasteiger partial charge in [0.05, 0.1) is 4.92 Å².